The van der Waals surface area contributed by atoms with Gasteiger partial charge in [0.2, 0.25) is 0 Å². The zero-order valence-corrected chi connectivity index (χ0v) is 12.6. The van der Waals surface area contributed by atoms with Crippen molar-refractivity contribution in [3.63, 3.8) is 0 Å². The number of thioether (sulfide) groups is 1. The first-order chi connectivity index (χ1) is 10.1. The Bertz CT molecular complexity index is 670. The molecule has 0 aliphatic heterocycles. The molecular formula is C15H17N3O2S. The van der Waals surface area contributed by atoms with Crippen LogP contribution >= 0.6 is 11.8 Å². The summed E-state index contributed by atoms with van der Waals surface area (Å²) in [5.74, 6) is 0.340. The van der Waals surface area contributed by atoms with Crippen molar-refractivity contribution >= 4 is 28.6 Å². The van der Waals surface area contributed by atoms with Gasteiger partial charge in [0.05, 0.1) is 12.6 Å². The molecular weight excluding hydrogens is 286 g/mol. The largest absolute Gasteiger partial charge is 0.468 e. The van der Waals surface area contributed by atoms with Crippen LogP contribution in [0.1, 0.15) is 12.8 Å². The molecule has 0 amide bonds. The maximum Gasteiger partial charge on any atom is 0.327 e. The highest BCUT2D eigenvalue weighted by atomic mass is 32.2. The minimum absolute atomic E-state index is 0.213. The highest BCUT2D eigenvalue weighted by Crippen LogP contribution is 2.41. The summed E-state index contributed by atoms with van der Waals surface area (Å²) in [6.45, 7) is 0. The number of rotatable bonds is 5. The first kappa shape index (κ1) is 14.3. The first-order valence-electron chi connectivity index (χ1n) is 6.85. The van der Waals surface area contributed by atoms with Gasteiger partial charge in [-0.15, -0.1) is 11.8 Å². The first-order valence-corrected chi connectivity index (χ1v) is 7.83. The molecule has 1 aromatic heterocycles. The minimum atomic E-state index is -0.925. The molecule has 1 atom stereocenters. The molecule has 110 valence electrons. The Hall–Kier alpha value is -1.66. The van der Waals surface area contributed by atoms with E-state index in [0.29, 0.717) is 5.75 Å². The summed E-state index contributed by atoms with van der Waals surface area (Å²) in [6, 6.07) is 7.81. The number of ether oxygens (including phenoxy) is 1. The summed E-state index contributed by atoms with van der Waals surface area (Å²) < 4.78 is 4.88. The molecule has 5 nitrogen and oxygen atoms in total. The lowest BCUT2D eigenvalue weighted by Gasteiger charge is -2.25. The number of carbonyl (C=O) groups excluding carboxylic acids is 1. The fourth-order valence-corrected chi connectivity index (χ4v) is 3.59. The van der Waals surface area contributed by atoms with Gasteiger partial charge >= 0.3 is 5.97 Å². The SMILES string of the molecule is COC(=O)C(N)(CSc1ncnc2ccccc12)C1CC1. The number of benzene rings is 1. The van der Waals surface area contributed by atoms with Crippen LogP contribution in [0, 0.1) is 5.92 Å². The van der Waals surface area contributed by atoms with Crippen LogP contribution < -0.4 is 5.73 Å². The third-order valence-corrected chi connectivity index (χ3v) is 5.05. The zero-order chi connectivity index (χ0) is 14.9. The number of nitrogens with two attached hydrogens (primary N) is 1. The smallest absolute Gasteiger partial charge is 0.327 e. The maximum absolute atomic E-state index is 12.0. The second-order valence-electron chi connectivity index (χ2n) is 5.29. The Morgan fingerprint density at radius 3 is 2.90 bits per heavy atom. The van der Waals surface area contributed by atoms with Crippen molar-refractivity contribution in [3.05, 3.63) is 30.6 Å². The third kappa shape index (κ3) is 2.73. The zero-order valence-electron chi connectivity index (χ0n) is 11.8. The number of methoxy groups -OCH3 is 1. The number of para-hydroxylation sites is 1. The maximum atomic E-state index is 12.0. The van der Waals surface area contributed by atoms with Crippen LogP contribution in [0.3, 0.4) is 0 Å². The monoisotopic (exact) mass is 303 g/mol. The van der Waals surface area contributed by atoms with E-state index in [1.807, 2.05) is 24.3 Å². The molecule has 0 radical (unpaired) electrons. The summed E-state index contributed by atoms with van der Waals surface area (Å²) in [5.41, 5.74) is 6.28. The normalized spacial score (nSPS) is 17.4. The predicted molar refractivity (Wildman–Crippen MR) is 81.9 cm³/mol. The highest BCUT2D eigenvalue weighted by molar-refractivity contribution is 7.99. The van der Waals surface area contributed by atoms with Gasteiger partial charge in [0.1, 0.15) is 16.9 Å². The van der Waals surface area contributed by atoms with Gasteiger partial charge in [0, 0.05) is 11.1 Å². The average Bonchev–Trinajstić information content (AvgIpc) is 3.37. The molecule has 1 aliphatic carbocycles. The van der Waals surface area contributed by atoms with E-state index in [-0.39, 0.29) is 11.9 Å². The van der Waals surface area contributed by atoms with Crippen molar-refractivity contribution in [2.75, 3.05) is 12.9 Å². The van der Waals surface area contributed by atoms with Crippen LogP contribution in [0.2, 0.25) is 0 Å². The number of nitrogens with zero attached hydrogens (tertiary/aromatic N) is 2. The van der Waals surface area contributed by atoms with E-state index in [1.54, 1.807) is 0 Å². The quantitative estimate of drug-likeness (QED) is 0.517. The van der Waals surface area contributed by atoms with Crippen molar-refractivity contribution in [3.8, 4) is 0 Å². The molecule has 0 saturated heterocycles. The Kier molecular flexibility index (Phi) is 3.82. The van der Waals surface area contributed by atoms with Crippen LogP contribution in [0.15, 0.2) is 35.6 Å². The number of hydrogen-bond donors (Lipinski definition) is 1. The summed E-state index contributed by atoms with van der Waals surface area (Å²) in [4.78, 5) is 20.6. The lowest BCUT2D eigenvalue weighted by Crippen LogP contribution is -2.53. The van der Waals surface area contributed by atoms with Gasteiger partial charge in [0.15, 0.2) is 0 Å². The summed E-state index contributed by atoms with van der Waals surface area (Å²) in [5, 5.41) is 1.83. The van der Waals surface area contributed by atoms with Gasteiger partial charge < -0.3 is 10.5 Å². The molecule has 1 heterocycles. The highest BCUT2D eigenvalue weighted by Gasteiger charge is 2.49. The Labute approximate surface area is 127 Å². The molecule has 21 heavy (non-hydrogen) atoms. The van der Waals surface area contributed by atoms with Crippen molar-refractivity contribution in [2.45, 2.75) is 23.4 Å². The molecule has 1 saturated carbocycles. The molecule has 0 spiro atoms. The van der Waals surface area contributed by atoms with Crippen LogP contribution in [0.25, 0.3) is 10.9 Å². The third-order valence-electron chi connectivity index (χ3n) is 3.83. The fraction of sp³-hybridized carbons (Fsp3) is 0.400. The molecule has 1 fully saturated rings. The summed E-state index contributed by atoms with van der Waals surface area (Å²) >= 11 is 1.49. The van der Waals surface area contributed by atoms with Gasteiger partial charge in [-0.05, 0) is 24.8 Å². The van der Waals surface area contributed by atoms with Crippen LogP contribution in [0.5, 0.6) is 0 Å². The second-order valence-corrected chi connectivity index (χ2v) is 6.25. The van der Waals surface area contributed by atoms with E-state index in [1.165, 1.54) is 25.2 Å². The molecule has 1 unspecified atom stereocenters. The van der Waals surface area contributed by atoms with E-state index in [2.05, 4.69) is 9.97 Å². The van der Waals surface area contributed by atoms with Gasteiger partial charge in [-0.2, -0.15) is 0 Å². The van der Waals surface area contributed by atoms with E-state index < -0.39 is 5.54 Å². The van der Waals surface area contributed by atoms with Crippen LogP contribution in [0.4, 0.5) is 0 Å². The van der Waals surface area contributed by atoms with E-state index in [4.69, 9.17) is 10.5 Å². The summed E-state index contributed by atoms with van der Waals surface area (Å²) in [7, 11) is 1.39. The van der Waals surface area contributed by atoms with Crippen molar-refractivity contribution in [1.82, 2.24) is 9.97 Å². The summed E-state index contributed by atoms with van der Waals surface area (Å²) in [6.07, 6.45) is 3.51. The predicted octanol–water partition coefficient (Wildman–Crippen LogP) is 2.00. The van der Waals surface area contributed by atoms with Gasteiger partial charge in [0.25, 0.3) is 0 Å². The van der Waals surface area contributed by atoms with Crippen LogP contribution in [-0.4, -0.2) is 34.3 Å². The molecule has 0 bridgehead atoms. The van der Waals surface area contributed by atoms with E-state index in [0.717, 1.165) is 28.8 Å². The minimum Gasteiger partial charge on any atom is -0.468 e. The van der Waals surface area contributed by atoms with Crippen molar-refractivity contribution < 1.29 is 9.53 Å². The standard InChI is InChI=1S/C15H17N3O2S/c1-20-14(19)15(16,10-6-7-10)8-21-13-11-4-2-3-5-12(11)17-9-18-13/h2-5,9-10H,6-8,16H2,1H3. The Morgan fingerprint density at radius 2 is 2.19 bits per heavy atom. The van der Waals surface area contributed by atoms with Crippen LogP contribution in [-0.2, 0) is 9.53 Å². The fourth-order valence-electron chi connectivity index (χ4n) is 2.41. The molecule has 2 aromatic rings. The number of aromatic nitrogens is 2. The van der Waals surface area contributed by atoms with Gasteiger partial charge in [-0.1, -0.05) is 18.2 Å². The molecule has 1 aromatic carbocycles. The topological polar surface area (TPSA) is 78.1 Å². The molecule has 2 N–H and O–H groups in total. The lowest BCUT2D eigenvalue weighted by molar-refractivity contribution is -0.146. The van der Waals surface area contributed by atoms with Gasteiger partial charge in [-0.25, -0.2) is 9.97 Å². The number of esters is 1. The molecule has 1 aliphatic rings. The van der Waals surface area contributed by atoms with E-state index in [9.17, 15) is 4.79 Å². The second kappa shape index (κ2) is 5.61. The lowest BCUT2D eigenvalue weighted by atomic mass is 9.97. The molecule has 3 rings (SSSR count). The van der Waals surface area contributed by atoms with Crippen molar-refractivity contribution in [2.24, 2.45) is 11.7 Å². The average molecular weight is 303 g/mol. The number of carbonyl (C=O) groups is 1. The van der Waals surface area contributed by atoms with E-state index >= 15 is 0 Å². The van der Waals surface area contributed by atoms with Crippen molar-refractivity contribution in [1.29, 1.82) is 0 Å². The Morgan fingerprint density at radius 1 is 1.43 bits per heavy atom. The Balaban J connectivity index is 1.84. The number of hydrogen-bond acceptors (Lipinski definition) is 6. The molecule has 6 heteroatoms. The van der Waals surface area contributed by atoms with Gasteiger partial charge in [-0.3, -0.25) is 4.79 Å². The number of fused-ring (bicyclic) bond motifs is 1.